The van der Waals surface area contributed by atoms with E-state index >= 15 is 0 Å². The molecule has 0 amide bonds. The number of β-amino-alcohol motifs (C(OH)–C–C–N with tert-alkyl or cyclic N) is 1. The molecule has 1 aromatic rings. The second-order valence-electron chi connectivity index (χ2n) is 4.35. The normalized spacial score (nSPS) is 25.1. The molecule has 0 radical (unpaired) electrons. The molecule has 0 spiro atoms. The van der Waals surface area contributed by atoms with Gasteiger partial charge in [0.15, 0.2) is 0 Å². The van der Waals surface area contributed by atoms with Crippen LogP contribution in [-0.4, -0.2) is 30.3 Å². The van der Waals surface area contributed by atoms with Crippen LogP contribution in [0, 0.1) is 0 Å². The number of aliphatic hydroxyl groups excluding tert-OH is 1. The van der Waals surface area contributed by atoms with Crippen LogP contribution >= 0.6 is 11.3 Å². The number of rotatable bonds is 5. The minimum Gasteiger partial charge on any atom is -0.392 e. The molecule has 1 aliphatic heterocycles. The molecule has 0 aromatic carbocycles. The minimum absolute atomic E-state index is 0.153. The van der Waals surface area contributed by atoms with Gasteiger partial charge in [-0.25, -0.2) is 0 Å². The van der Waals surface area contributed by atoms with Crippen molar-refractivity contribution in [3.05, 3.63) is 21.9 Å². The monoisotopic (exact) mass is 240 g/mol. The van der Waals surface area contributed by atoms with E-state index in [1.165, 1.54) is 10.4 Å². The largest absolute Gasteiger partial charge is 0.392 e. The molecular formula is C12H20N2OS. The van der Waals surface area contributed by atoms with E-state index in [9.17, 15) is 5.11 Å². The van der Waals surface area contributed by atoms with Gasteiger partial charge in [-0.1, -0.05) is 6.92 Å². The molecule has 0 bridgehead atoms. The average Bonchev–Trinajstić information content (AvgIpc) is 2.87. The minimum atomic E-state index is -0.153. The van der Waals surface area contributed by atoms with Crippen molar-refractivity contribution in [3.63, 3.8) is 0 Å². The van der Waals surface area contributed by atoms with Crippen LogP contribution < -0.4 is 10.6 Å². The van der Waals surface area contributed by atoms with Crippen LogP contribution in [0.15, 0.2) is 11.4 Å². The fourth-order valence-corrected chi connectivity index (χ4v) is 3.10. The number of hydrogen-bond acceptors (Lipinski definition) is 4. The number of nitrogens with one attached hydrogen (secondary N) is 2. The molecule has 2 atom stereocenters. The first-order valence-corrected chi connectivity index (χ1v) is 6.85. The maximum absolute atomic E-state index is 9.38. The summed E-state index contributed by atoms with van der Waals surface area (Å²) in [6.45, 7) is 4.83. The zero-order chi connectivity index (χ0) is 11.4. The van der Waals surface area contributed by atoms with Crippen molar-refractivity contribution in [1.82, 2.24) is 10.6 Å². The molecule has 2 unspecified atom stereocenters. The highest BCUT2D eigenvalue weighted by Gasteiger charge is 2.21. The summed E-state index contributed by atoms with van der Waals surface area (Å²) in [5.74, 6) is 0. The quantitative estimate of drug-likeness (QED) is 0.723. The van der Waals surface area contributed by atoms with Crippen LogP contribution in [0.3, 0.4) is 0 Å². The molecule has 2 rings (SSSR count). The van der Waals surface area contributed by atoms with E-state index in [2.05, 4.69) is 29.0 Å². The third-order valence-electron chi connectivity index (χ3n) is 3.09. The summed E-state index contributed by atoms with van der Waals surface area (Å²) in [5.41, 5.74) is 1.46. The number of aryl methyl sites for hydroxylation is 1. The van der Waals surface area contributed by atoms with Gasteiger partial charge >= 0.3 is 0 Å². The molecule has 1 saturated heterocycles. The van der Waals surface area contributed by atoms with E-state index in [1.807, 2.05) is 11.3 Å². The zero-order valence-electron chi connectivity index (χ0n) is 9.70. The summed E-state index contributed by atoms with van der Waals surface area (Å²) >= 11 is 1.82. The molecule has 16 heavy (non-hydrogen) atoms. The third kappa shape index (κ3) is 3.04. The summed E-state index contributed by atoms with van der Waals surface area (Å²) in [6, 6.07) is 2.64. The van der Waals surface area contributed by atoms with Crippen molar-refractivity contribution in [2.24, 2.45) is 0 Å². The van der Waals surface area contributed by atoms with Gasteiger partial charge in [-0.3, -0.25) is 0 Å². The maximum atomic E-state index is 9.38. The van der Waals surface area contributed by atoms with Gasteiger partial charge in [-0.2, -0.15) is 0 Å². The highest BCUT2D eigenvalue weighted by molar-refractivity contribution is 7.10. The fourth-order valence-electron chi connectivity index (χ4n) is 2.15. The molecule has 3 N–H and O–H groups in total. The van der Waals surface area contributed by atoms with Crippen LogP contribution in [-0.2, 0) is 13.0 Å². The predicted molar refractivity (Wildman–Crippen MR) is 67.8 cm³/mol. The van der Waals surface area contributed by atoms with Gasteiger partial charge in [0.25, 0.3) is 0 Å². The fraction of sp³-hybridized carbons (Fsp3) is 0.667. The Bertz CT molecular complexity index is 327. The highest BCUT2D eigenvalue weighted by Crippen LogP contribution is 2.17. The maximum Gasteiger partial charge on any atom is 0.0680 e. The number of hydrogen-bond donors (Lipinski definition) is 3. The standard InChI is InChI=1S/C12H20N2OS/c1-2-9-3-4-16-12(9)8-13-6-10-5-11(15)7-14-10/h3-4,10-11,13-15H,2,5-8H2,1H3. The van der Waals surface area contributed by atoms with Gasteiger partial charge in [0.2, 0.25) is 0 Å². The van der Waals surface area contributed by atoms with Gasteiger partial charge in [0.05, 0.1) is 6.10 Å². The SMILES string of the molecule is CCc1ccsc1CNCC1CC(O)CN1. The Morgan fingerprint density at radius 3 is 3.19 bits per heavy atom. The molecule has 3 nitrogen and oxygen atoms in total. The Morgan fingerprint density at radius 1 is 1.62 bits per heavy atom. The Kier molecular flexibility index (Phi) is 4.35. The van der Waals surface area contributed by atoms with Gasteiger partial charge in [0, 0.05) is 30.6 Å². The lowest BCUT2D eigenvalue weighted by atomic mass is 10.2. The molecule has 1 aromatic heterocycles. The first kappa shape index (κ1) is 12.0. The highest BCUT2D eigenvalue weighted by atomic mass is 32.1. The van der Waals surface area contributed by atoms with E-state index in [0.29, 0.717) is 6.04 Å². The van der Waals surface area contributed by atoms with Crippen LogP contribution in [0.4, 0.5) is 0 Å². The Balaban J connectivity index is 1.72. The molecule has 2 heterocycles. The van der Waals surface area contributed by atoms with Crippen LogP contribution in [0.5, 0.6) is 0 Å². The summed E-state index contributed by atoms with van der Waals surface area (Å²) in [6.07, 6.45) is 1.83. The summed E-state index contributed by atoms with van der Waals surface area (Å²) in [7, 11) is 0. The molecule has 90 valence electrons. The van der Waals surface area contributed by atoms with Gasteiger partial charge < -0.3 is 15.7 Å². The molecule has 4 heteroatoms. The van der Waals surface area contributed by atoms with Crippen LogP contribution in [0.1, 0.15) is 23.8 Å². The lowest BCUT2D eigenvalue weighted by molar-refractivity contribution is 0.193. The first-order valence-electron chi connectivity index (χ1n) is 5.97. The Labute approximate surface area is 101 Å². The van der Waals surface area contributed by atoms with E-state index < -0.39 is 0 Å². The predicted octanol–water partition coefficient (Wildman–Crippen LogP) is 1.12. The second kappa shape index (κ2) is 5.77. The van der Waals surface area contributed by atoms with E-state index in [0.717, 1.165) is 32.5 Å². The Hall–Kier alpha value is -0.420. The van der Waals surface area contributed by atoms with Crippen molar-refractivity contribution in [2.75, 3.05) is 13.1 Å². The topological polar surface area (TPSA) is 44.3 Å². The van der Waals surface area contributed by atoms with E-state index in [1.54, 1.807) is 0 Å². The molecule has 1 aliphatic rings. The number of thiophene rings is 1. The van der Waals surface area contributed by atoms with E-state index in [-0.39, 0.29) is 6.10 Å². The smallest absolute Gasteiger partial charge is 0.0680 e. The van der Waals surface area contributed by atoms with Crippen molar-refractivity contribution in [1.29, 1.82) is 0 Å². The summed E-state index contributed by atoms with van der Waals surface area (Å²) in [4.78, 5) is 1.45. The molecular weight excluding hydrogens is 220 g/mol. The number of aliphatic hydroxyl groups is 1. The van der Waals surface area contributed by atoms with Crippen molar-refractivity contribution >= 4 is 11.3 Å². The van der Waals surface area contributed by atoms with Gasteiger partial charge in [-0.05, 0) is 29.9 Å². The Morgan fingerprint density at radius 2 is 2.50 bits per heavy atom. The van der Waals surface area contributed by atoms with Crippen molar-refractivity contribution < 1.29 is 5.11 Å². The van der Waals surface area contributed by atoms with Crippen LogP contribution in [0.25, 0.3) is 0 Å². The third-order valence-corrected chi connectivity index (χ3v) is 4.06. The molecule has 0 aliphatic carbocycles. The van der Waals surface area contributed by atoms with Crippen molar-refractivity contribution in [2.45, 2.75) is 38.5 Å². The lowest BCUT2D eigenvalue weighted by Crippen LogP contribution is -2.33. The lowest BCUT2D eigenvalue weighted by Gasteiger charge is -2.11. The zero-order valence-corrected chi connectivity index (χ0v) is 10.5. The van der Waals surface area contributed by atoms with Crippen LogP contribution in [0.2, 0.25) is 0 Å². The summed E-state index contributed by atoms with van der Waals surface area (Å²) in [5, 5.41) is 18.3. The summed E-state index contributed by atoms with van der Waals surface area (Å²) < 4.78 is 0. The second-order valence-corrected chi connectivity index (χ2v) is 5.35. The molecule has 0 saturated carbocycles. The van der Waals surface area contributed by atoms with Gasteiger partial charge in [-0.15, -0.1) is 11.3 Å². The first-order chi connectivity index (χ1) is 7.79. The molecule has 1 fully saturated rings. The van der Waals surface area contributed by atoms with E-state index in [4.69, 9.17) is 0 Å². The van der Waals surface area contributed by atoms with Gasteiger partial charge in [0.1, 0.15) is 0 Å². The van der Waals surface area contributed by atoms with Crippen molar-refractivity contribution in [3.8, 4) is 0 Å². The average molecular weight is 240 g/mol.